The third kappa shape index (κ3) is 4.40. The number of allylic oxidation sites excluding steroid dienone is 3. The van der Waals surface area contributed by atoms with Gasteiger partial charge in [-0.25, -0.2) is 0 Å². The summed E-state index contributed by atoms with van der Waals surface area (Å²) < 4.78 is 5.39. The second-order valence-electron chi connectivity index (χ2n) is 8.88. The normalized spacial score (nSPS) is 38.3. The van der Waals surface area contributed by atoms with Gasteiger partial charge in [0.05, 0.1) is 6.10 Å². The second kappa shape index (κ2) is 8.26. The Hall–Kier alpha value is -1.13. The van der Waals surface area contributed by atoms with Crippen LogP contribution in [0.5, 0.6) is 0 Å². The smallest absolute Gasteiger partial charge is 0.303 e. The fraction of sp³-hybridized carbons (Fsp3) is 0.773. The minimum atomic E-state index is -1.24. The maximum absolute atomic E-state index is 11.4. The second-order valence-corrected chi connectivity index (χ2v) is 8.88. The highest BCUT2D eigenvalue weighted by Crippen LogP contribution is 2.52. The van der Waals surface area contributed by atoms with Crippen LogP contribution in [0, 0.1) is 23.7 Å². The first-order chi connectivity index (χ1) is 12.1. The maximum Gasteiger partial charge on any atom is 0.303 e. The number of ether oxygens (including phenoxy) is 1. The lowest BCUT2D eigenvalue weighted by atomic mass is 9.73. The molecule has 2 aliphatic carbocycles. The third-order valence-corrected chi connectivity index (χ3v) is 6.57. The molecule has 7 unspecified atom stereocenters. The Labute approximate surface area is 158 Å². The number of carbonyl (C=O) groups excluding carboxylic acids is 1. The van der Waals surface area contributed by atoms with E-state index in [1.54, 1.807) is 6.92 Å². The average Bonchev–Trinajstić information content (AvgIpc) is 2.69. The largest absolute Gasteiger partial charge is 0.459 e. The molecular weight excluding hydrogens is 328 g/mol. The van der Waals surface area contributed by atoms with Crippen LogP contribution in [0.2, 0.25) is 0 Å². The molecule has 0 bridgehead atoms. The Morgan fingerprint density at radius 3 is 2.65 bits per heavy atom. The van der Waals surface area contributed by atoms with E-state index >= 15 is 0 Å². The number of esters is 1. The number of fused-ring (bicyclic) bond motifs is 1. The molecule has 0 saturated heterocycles. The molecule has 0 aromatic heterocycles. The number of hydrogen-bond acceptors (Lipinski definition) is 4. The SMILES string of the molecule is C=C1CCC(C(C)CCC=C(C)C)C(O)C2C1CC(OC(C)=O)C2(C)O. The fourth-order valence-electron chi connectivity index (χ4n) is 5.05. The van der Waals surface area contributed by atoms with Crippen LogP contribution in [-0.2, 0) is 9.53 Å². The van der Waals surface area contributed by atoms with Gasteiger partial charge in [-0.05, 0) is 70.6 Å². The number of rotatable bonds is 5. The zero-order valence-corrected chi connectivity index (χ0v) is 17.0. The van der Waals surface area contributed by atoms with E-state index in [1.807, 2.05) is 0 Å². The van der Waals surface area contributed by atoms with Crippen molar-refractivity contribution in [1.29, 1.82) is 0 Å². The summed E-state index contributed by atoms with van der Waals surface area (Å²) >= 11 is 0. The molecule has 2 rings (SSSR count). The molecule has 26 heavy (non-hydrogen) atoms. The Balaban J connectivity index is 2.21. The quantitative estimate of drug-likeness (QED) is 0.571. The van der Waals surface area contributed by atoms with E-state index in [-0.39, 0.29) is 17.8 Å². The number of aliphatic hydroxyl groups excluding tert-OH is 1. The molecule has 0 aromatic rings. The predicted molar refractivity (Wildman–Crippen MR) is 103 cm³/mol. The van der Waals surface area contributed by atoms with Crippen LogP contribution in [0.25, 0.3) is 0 Å². The molecule has 7 atom stereocenters. The molecular formula is C22H36O4. The van der Waals surface area contributed by atoms with E-state index in [1.165, 1.54) is 12.5 Å². The molecule has 2 N–H and O–H groups in total. The molecule has 2 aliphatic rings. The zero-order valence-electron chi connectivity index (χ0n) is 17.0. The molecule has 4 heteroatoms. The van der Waals surface area contributed by atoms with E-state index in [0.717, 1.165) is 31.3 Å². The topological polar surface area (TPSA) is 66.8 Å². The molecule has 2 fully saturated rings. The van der Waals surface area contributed by atoms with Crippen molar-refractivity contribution in [1.82, 2.24) is 0 Å². The van der Waals surface area contributed by atoms with Crippen molar-refractivity contribution in [2.24, 2.45) is 23.7 Å². The lowest BCUT2D eigenvalue weighted by Crippen LogP contribution is -2.49. The summed E-state index contributed by atoms with van der Waals surface area (Å²) in [7, 11) is 0. The summed E-state index contributed by atoms with van der Waals surface area (Å²) in [5.41, 5.74) is 1.15. The Morgan fingerprint density at radius 1 is 1.42 bits per heavy atom. The van der Waals surface area contributed by atoms with Crippen molar-refractivity contribution in [3.05, 3.63) is 23.8 Å². The highest BCUT2D eigenvalue weighted by Gasteiger charge is 2.58. The van der Waals surface area contributed by atoms with Gasteiger partial charge in [-0.1, -0.05) is 30.7 Å². The highest BCUT2D eigenvalue weighted by molar-refractivity contribution is 5.66. The van der Waals surface area contributed by atoms with E-state index in [0.29, 0.717) is 12.3 Å². The van der Waals surface area contributed by atoms with Crippen LogP contribution in [0.1, 0.15) is 66.7 Å². The molecule has 0 aliphatic heterocycles. The van der Waals surface area contributed by atoms with Gasteiger partial charge in [-0.15, -0.1) is 0 Å². The standard InChI is InChI=1S/C22H36O4/c1-13(2)8-7-9-14(3)17-11-10-15(4)18-12-19(26-16(5)23)22(6,25)20(18)21(17)24/h8,14,17-21,24-25H,4,7,9-12H2,1-3,5-6H3. The Morgan fingerprint density at radius 2 is 2.08 bits per heavy atom. The molecule has 148 valence electrons. The van der Waals surface area contributed by atoms with Crippen molar-refractivity contribution in [2.75, 3.05) is 0 Å². The lowest BCUT2D eigenvalue weighted by molar-refractivity contribution is -0.166. The van der Waals surface area contributed by atoms with E-state index in [9.17, 15) is 15.0 Å². The first kappa shape index (κ1) is 21.2. The molecule has 0 amide bonds. The molecule has 0 aromatic carbocycles. The highest BCUT2D eigenvalue weighted by atomic mass is 16.6. The van der Waals surface area contributed by atoms with Gasteiger partial charge in [0.2, 0.25) is 0 Å². The average molecular weight is 365 g/mol. The first-order valence-corrected chi connectivity index (χ1v) is 9.94. The van der Waals surface area contributed by atoms with Crippen molar-refractivity contribution < 1.29 is 19.7 Å². The summed E-state index contributed by atoms with van der Waals surface area (Å²) in [5.74, 6) is -0.249. The van der Waals surface area contributed by atoms with Crippen LogP contribution < -0.4 is 0 Å². The summed E-state index contributed by atoms with van der Waals surface area (Å²) in [4.78, 5) is 11.4. The Bertz CT molecular complexity index is 558. The summed E-state index contributed by atoms with van der Waals surface area (Å²) in [6.45, 7) is 13.7. The first-order valence-electron chi connectivity index (χ1n) is 9.94. The molecule has 0 radical (unpaired) electrons. The summed E-state index contributed by atoms with van der Waals surface area (Å²) in [5, 5.41) is 22.4. The molecule has 2 saturated carbocycles. The van der Waals surface area contributed by atoms with Gasteiger partial charge < -0.3 is 14.9 Å². The van der Waals surface area contributed by atoms with E-state index in [4.69, 9.17) is 4.74 Å². The number of carbonyl (C=O) groups is 1. The van der Waals surface area contributed by atoms with Crippen LogP contribution in [-0.4, -0.2) is 34.0 Å². The minimum Gasteiger partial charge on any atom is -0.459 e. The van der Waals surface area contributed by atoms with Crippen molar-refractivity contribution in [2.45, 2.75) is 84.5 Å². The predicted octanol–water partition coefficient (Wildman–Crippen LogP) is 4.01. The maximum atomic E-state index is 11.4. The molecule has 0 heterocycles. The van der Waals surface area contributed by atoms with Gasteiger partial charge in [-0.2, -0.15) is 0 Å². The molecule has 0 spiro atoms. The van der Waals surface area contributed by atoms with Gasteiger partial charge in [0.15, 0.2) is 0 Å². The van der Waals surface area contributed by atoms with E-state index < -0.39 is 23.8 Å². The number of hydrogen-bond donors (Lipinski definition) is 2. The van der Waals surface area contributed by atoms with Crippen LogP contribution in [0.4, 0.5) is 0 Å². The van der Waals surface area contributed by atoms with Crippen LogP contribution in [0.3, 0.4) is 0 Å². The monoisotopic (exact) mass is 364 g/mol. The van der Waals surface area contributed by atoms with Gasteiger partial charge in [-0.3, -0.25) is 4.79 Å². The van der Waals surface area contributed by atoms with Crippen molar-refractivity contribution >= 4 is 5.97 Å². The third-order valence-electron chi connectivity index (χ3n) is 6.57. The molecule has 4 nitrogen and oxygen atoms in total. The zero-order chi connectivity index (χ0) is 19.6. The fourth-order valence-corrected chi connectivity index (χ4v) is 5.05. The van der Waals surface area contributed by atoms with Gasteiger partial charge in [0.25, 0.3) is 0 Å². The van der Waals surface area contributed by atoms with Gasteiger partial charge in [0, 0.05) is 12.8 Å². The lowest BCUT2D eigenvalue weighted by Gasteiger charge is -2.38. The van der Waals surface area contributed by atoms with Crippen molar-refractivity contribution in [3.8, 4) is 0 Å². The minimum absolute atomic E-state index is 0.000618. The summed E-state index contributed by atoms with van der Waals surface area (Å²) in [6, 6.07) is 0. The van der Waals surface area contributed by atoms with E-state index in [2.05, 4.69) is 33.4 Å². The van der Waals surface area contributed by atoms with Gasteiger partial charge in [0.1, 0.15) is 11.7 Å². The van der Waals surface area contributed by atoms with Crippen LogP contribution in [0.15, 0.2) is 23.8 Å². The van der Waals surface area contributed by atoms with Crippen LogP contribution >= 0.6 is 0 Å². The summed E-state index contributed by atoms with van der Waals surface area (Å²) in [6.07, 6.45) is 5.38. The van der Waals surface area contributed by atoms with Crippen molar-refractivity contribution in [3.63, 3.8) is 0 Å². The Kier molecular flexibility index (Phi) is 6.73. The number of aliphatic hydroxyl groups is 2. The van der Waals surface area contributed by atoms with Gasteiger partial charge >= 0.3 is 5.97 Å².